The van der Waals surface area contributed by atoms with Crippen LogP contribution in [0.3, 0.4) is 0 Å². The first-order chi connectivity index (χ1) is 8.91. The predicted molar refractivity (Wildman–Crippen MR) is 61.6 cm³/mol. The van der Waals surface area contributed by atoms with E-state index in [-0.39, 0.29) is 11.1 Å². The van der Waals surface area contributed by atoms with Crippen LogP contribution in [0.25, 0.3) is 11.1 Å². The van der Waals surface area contributed by atoms with Crippen LogP contribution in [0.5, 0.6) is 0 Å². The average Bonchev–Trinajstić information content (AvgIpc) is 2.38. The summed E-state index contributed by atoms with van der Waals surface area (Å²) in [6.45, 7) is 0. The monoisotopic (exact) mass is 265 g/mol. The maximum Gasteiger partial charge on any atom is 0.416 e. The normalized spacial score (nSPS) is 11.1. The van der Waals surface area contributed by atoms with Gasteiger partial charge in [0.05, 0.1) is 17.2 Å². The largest absolute Gasteiger partial charge is 0.416 e. The summed E-state index contributed by atoms with van der Waals surface area (Å²) in [5.41, 5.74) is -0.230. The van der Waals surface area contributed by atoms with Crippen LogP contribution in [0.15, 0.2) is 42.5 Å². The van der Waals surface area contributed by atoms with Gasteiger partial charge < -0.3 is 0 Å². The van der Waals surface area contributed by atoms with E-state index in [1.807, 2.05) is 6.07 Å². The Morgan fingerprint density at radius 3 is 2.11 bits per heavy atom. The molecule has 5 heteroatoms. The van der Waals surface area contributed by atoms with Crippen molar-refractivity contribution in [3.05, 3.63) is 59.4 Å². The molecule has 0 bridgehead atoms. The summed E-state index contributed by atoms with van der Waals surface area (Å²) in [6.07, 6.45) is -4.48. The zero-order valence-electron chi connectivity index (χ0n) is 9.50. The molecule has 0 aliphatic heterocycles. The van der Waals surface area contributed by atoms with Crippen molar-refractivity contribution in [1.82, 2.24) is 0 Å². The molecule has 0 saturated heterocycles. The van der Waals surface area contributed by atoms with Gasteiger partial charge in [-0.1, -0.05) is 12.1 Å². The molecule has 2 aromatic rings. The number of halogens is 4. The maximum absolute atomic E-state index is 12.8. The molecule has 0 radical (unpaired) electrons. The van der Waals surface area contributed by atoms with E-state index >= 15 is 0 Å². The maximum atomic E-state index is 12.8. The lowest BCUT2D eigenvalue weighted by Crippen LogP contribution is -2.05. The zero-order chi connectivity index (χ0) is 14.0. The van der Waals surface area contributed by atoms with Crippen molar-refractivity contribution in [1.29, 1.82) is 5.26 Å². The second kappa shape index (κ2) is 4.73. The van der Waals surface area contributed by atoms with Crippen molar-refractivity contribution in [2.45, 2.75) is 6.18 Å². The van der Waals surface area contributed by atoms with Crippen molar-refractivity contribution in [2.24, 2.45) is 0 Å². The summed E-state index contributed by atoms with van der Waals surface area (Å²) in [7, 11) is 0. The Morgan fingerprint density at radius 2 is 1.58 bits per heavy atom. The molecule has 0 aliphatic rings. The minimum atomic E-state index is -4.48. The molecule has 0 aromatic heterocycles. The summed E-state index contributed by atoms with van der Waals surface area (Å²) < 4.78 is 50.7. The fraction of sp³-hybridized carbons (Fsp3) is 0.0714. The van der Waals surface area contributed by atoms with Crippen LogP contribution in [-0.2, 0) is 6.18 Å². The lowest BCUT2D eigenvalue weighted by atomic mass is 9.97. The fourth-order valence-corrected chi connectivity index (χ4v) is 1.69. The molecule has 2 rings (SSSR count). The van der Waals surface area contributed by atoms with Gasteiger partial charge in [0.2, 0.25) is 0 Å². The highest BCUT2D eigenvalue weighted by atomic mass is 19.4. The molecule has 0 N–H and O–H groups in total. The van der Waals surface area contributed by atoms with E-state index in [0.717, 1.165) is 30.3 Å². The molecule has 0 spiro atoms. The minimum Gasteiger partial charge on any atom is -0.207 e. The van der Waals surface area contributed by atoms with Crippen LogP contribution in [-0.4, -0.2) is 0 Å². The number of nitriles is 1. The second-order valence-electron chi connectivity index (χ2n) is 3.88. The van der Waals surface area contributed by atoms with Gasteiger partial charge in [-0.15, -0.1) is 0 Å². The third kappa shape index (κ3) is 2.74. The molecular weight excluding hydrogens is 258 g/mol. The van der Waals surface area contributed by atoms with E-state index in [0.29, 0.717) is 5.56 Å². The average molecular weight is 265 g/mol. The molecule has 0 unspecified atom stereocenters. The Morgan fingerprint density at radius 1 is 0.947 bits per heavy atom. The molecule has 96 valence electrons. The van der Waals surface area contributed by atoms with E-state index in [9.17, 15) is 17.6 Å². The number of nitrogens with zero attached hydrogens (tertiary/aromatic N) is 1. The topological polar surface area (TPSA) is 23.8 Å². The third-order valence-corrected chi connectivity index (χ3v) is 2.62. The van der Waals surface area contributed by atoms with Crippen molar-refractivity contribution >= 4 is 0 Å². The lowest BCUT2D eigenvalue weighted by Gasteiger charge is -2.10. The van der Waals surface area contributed by atoms with E-state index in [4.69, 9.17) is 5.26 Å². The Hall–Kier alpha value is -2.35. The van der Waals surface area contributed by atoms with Crippen LogP contribution in [0.4, 0.5) is 17.6 Å². The van der Waals surface area contributed by atoms with Crippen LogP contribution < -0.4 is 0 Å². The summed E-state index contributed by atoms with van der Waals surface area (Å²) in [6, 6.07) is 9.64. The van der Waals surface area contributed by atoms with Gasteiger partial charge in [-0.2, -0.15) is 18.4 Å². The van der Waals surface area contributed by atoms with E-state index in [1.54, 1.807) is 0 Å². The van der Waals surface area contributed by atoms with Crippen molar-refractivity contribution in [3.63, 3.8) is 0 Å². The van der Waals surface area contributed by atoms with Crippen LogP contribution in [0.2, 0.25) is 0 Å². The quantitative estimate of drug-likeness (QED) is 0.702. The van der Waals surface area contributed by atoms with Gasteiger partial charge >= 0.3 is 6.18 Å². The smallest absolute Gasteiger partial charge is 0.207 e. The van der Waals surface area contributed by atoms with Crippen LogP contribution >= 0.6 is 0 Å². The highest BCUT2D eigenvalue weighted by Crippen LogP contribution is 2.33. The van der Waals surface area contributed by atoms with Crippen molar-refractivity contribution < 1.29 is 17.6 Å². The van der Waals surface area contributed by atoms with Gasteiger partial charge in [-0.05, 0) is 35.9 Å². The zero-order valence-corrected chi connectivity index (χ0v) is 9.50. The van der Waals surface area contributed by atoms with Gasteiger partial charge in [0.1, 0.15) is 5.82 Å². The number of hydrogen-bond donors (Lipinski definition) is 0. The summed E-state index contributed by atoms with van der Waals surface area (Å²) in [5.74, 6) is -0.491. The van der Waals surface area contributed by atoms with Gasteiger partial charge in [-0.3, -0.25) is 0 Å². The van der Waals surface area contributed by atoms with Crippen LogP contribution in [0.1, 0.15) is 11.1 Å². The molecule has 19 heavy (non-hydrogen) atoms. The lowest BCUT2D eigenvalue weighted by molar-refractivity contribution is -0.137. The second-order valence-corrected chi connectivity index (χ2v) is 3.88. The SMILES string of the molecule is N#Cc1ccc(C(F)(F)F)cc1-c1ccc(F)cc1. The highest BCUT2D eigenvalue weighted by molar-refractivity contribution is 5.71. The van der Waals surface area contributed by atoms with Crippen LogP contribution in [0, 0.1) is 17.1 Å². The summed E-state index contributed by atoms with van der Waals surface area (Å²) in [5, 5.41) is 8.92. The molecule has 0 atom stereocenters. The third-order valence-electron chi connectivity index (χ3n) is 2.62. The van der Waals surface area contributed by atoms with E-state index in [2.05, 4.69) is 0 Å². The molecule has 0 amide bonds. The van der Waals surface area contributed by atoms with Crippen molar-refractivity contribution in [3.8, 4) is 17.2 Å². The standard InChI is InChI=1S/C14H7F4N/c15-12-5-2-9(3-6-12)13-7-11(14(16,17)18)4-1-10(13)8-19/h1-7H. The summed E-state index contributed by atoms with van der Waals surface area (Å²) in [4.78, 5) is 0. The van der Waals surface area contributed by atoms with E-state index < -0.39 is 17.6 Å². The molecule has 1 nitrogen and oxygen atoms in total. The minimum absolute atomic E-state index is 0.111. The van der Waals surface area contributed by atoms with E-state index in [1.165, 1.54) is 12.1 Å². The Labute approximate surface area is 106 Å². The Bertz CT molecular complexity index is 636. The first kappa shape index (κ1) is 13.1. The molecule has 0 fully saturated rings. The Kier molecular flexibility index (Phi) is 3.26. The van der Waals surface area contributed by atoms with Gasteiger partial charge in [0.25, 0.3) is 0 Å². The number of benzene rings is 2. The molecule has 0 saturated carbocycles. The highest BCUT2D eigenvalue weighted by Gasteiger charge is 2.31. The molecule has 0 aliphatic carbocycles. The molecule has 2 aromatic carbocycles. The van der Waals surface area contributed by atoms with Gasteiger partial charge in [0.15, 0.2) is 0 Å². The van der Waals surface area contributed by atoms with Gasteiger partial charge in [-0.25, -0.2) is 4.39 Å². The predicted octanol–water partition coefficient (Wildman–Crippen LogP) is 4.38. The number of hydrogen-bond acceptors (Lipinski definition) is 1. The fourth-order valence-electron chi connectivity index (χ4n) is 1.69. The first-order valence-corrected chi connectivity index (χ1v) is 5.29. The number of alkyl halides is 3. The number of rotatable bonds is 1. The van der Waals surface area contributed by atoms with Crippen molar-refractivity contribution in [2.75, 3.05) is 0 Å². The molecular formula is C14H7F4N. The first-order valence-electron chi connectivity index (χ1n) is 5.29. The molecule has 0 heterocycles. The van der Waals surface area contributed by atoms with Gasteiger partial charge in [0, 0.05) is 5.56 Å². The summed E-state index contributed by atoms with van der Waals surface area (Å²) >= 11 is 0. The Balaban J connectivity index is 2.60.